The molecule has 33 heavy (non-hydrogen) atoms. The van der Waals surface area contributed by atoms with Gasteiger partial charge in [-0.25, -0.2) is 4.98 Å². The highest BCUT2D eigenvalue weighted by atomic mass is 35.5. The van der Waals surface area contributed by atoms with Gasteiger partial charge in [0.25, 0.3) is 0 Å². The van der Waals surface area contributed by atoms with Crippen LogP contribution in [0, 0.1) is 0 Å². The topological polar surface area (TPSA) is 76.5 Å². The molecule has 6 nitrogen and oxygen atoms in total. The largest absolute Gasteiger partial charge is 0.435 e. The Labute approximate surface area is 191 Å². The second-order valence-electron chi connectivity index (χ2n) is 8.04. The van der Waals surface area contributed by atoms with Crippen LogP contribution in [0.3, 0.4) is 0 Å². The van der Waals surface area contributed by atoms with Crippen LogP contribution in [-0.4, -0.2) is 30.7 Å². The van der Waals surface area contributed by atoms with E-state index in [0.29, 0.717) is 22.4 Å². The third-order valence-electron chi connectivity index (χ3n) is 5.76. The Morgan fingerprint density at radius 2 is 2.03 bits per heavy atom. The summed E-state index contributed by atoms with van der Waals surface area (Å²) in [5.74, 6) is -0.190. The summed E-state index contributed by atoms with van der Waals surface area (Å²) in [6, 6.07) is 8.95. The molecule has 1 aromatic carbocycles. The van der Waals surface area contributed by atoms with Crippen LogP contribution < -0.4 is 0 Å². The molecule has 0 aliphatic carbocycles. The number of aromatic amines is 1. The van der Waals surface area contributed by atoms with Gasteiger partial charge in [0, 0.05) is 35.7 Å². The van der Waals surface area contributed by atoms with E-state index in [1.165, 1.54) is 10.9 Å². The summed E-state index contributed by atoms with van der Waals surface area (Å²) in [7, 11) is 0. The van der Waals surface area contributed by atoms with Crippen molar-refractivity contribution >= 4 is 28.3 Å². The summed E-state index contributed by atoms with van der Waals surface area (Å²) in [6.07, 6.45) is -1.16. The van der Waals surface area contributed by atoms with Crippen molar-refractivity contribution in [3.8, 4) is 0 Å². The van der Waals surface area contributed by atoms with Crippen molar-refractivity contribution in [2.24, 2.45) is 0 Å². The lowest BCUT2D eigenvalue weighted by atomic mass is 9.86. The van der Waals surface area contributed by atoms with Crippen LogP contribution in [0.2, 0.25) is 5.15 Å². The maximum atomic E-state index is 13.5. The summed E-state index contributed by atoms with van der Waals surface area (Å²) in [5.41, 5.74) is 2.67. The van der Waals surface area contributed by atoms with Gasteiger partial charge in [-0.3, -0.25) is 14.6 Å². The number of fused-ring (bicyclic) bond motifs is 2. The summed E-state index contributed by atoms with van der Waals surface area (Å²) < 4.78 is 41.5. The number of halogens is 4. The molecule has 10 heteroatoms. The Bertz CT molecular complexity index is 1400. The van der Waals surface area contributed by atoms with Crippen molar-refractivity contribution in [3.63, 3.8) is 0 Å². The molecule has 0 amide bonds. The van der Waals surface area contributed by atoms with Crippen molar-refractivity contribution in [1.29, 1.82) is 0 Å². The van der Waals surface area contributed by atoms with Crippen LogP contribution in [0.25, 0.3) is 10.9 Å². The Morgan fingerprint density at radius 3 is 2.76 bits per heavy atom. The molecule has 0 spiro atoms. The molecule has 4 heterocycles. The number of nitrogens with zero attached hydrogens (tertiary/aromatic N) is 4. The van der Waals surface area contributed by atoms with E-state index < -0.39 is 17.9 Å². The number of Topliss-reactive ketones (excluding diaryl/α,β-unsaturated/α-hetero) is 1. The predicted molar refractivity (Wildman–Crippen MR) is 116 cm³/mol. The average molecular weight is 472 g/mol. The number of nitrogens with one attached hydrogen (secondary N) is 1. The lowest BCUT2D eigenvalue weighted by Crippen LogP contribution is -2.28. The van der Waals surface area contributed by atoms with Crippen LogP contribution in [0.1, 0.15) is 35.5 Å². The number of hydrogen-bond donors (Lipinski definition) is 1. The van der Waals surface area contributed by atoms with Gasteiger partial charge in [-0.2, -0.15) is 23.4 Å². The first-order valence-corrected chi connectivity index (χ1v) is 10.5. The summed E-state index contributed by atoms with van der Waals surface area (Å²) >= 11 is 5.92. The van der Waals surface area contributed by atoms with Crippen LogP contribution in [0.15, 0.2) is 59.9 Å². The van der Waals surface area contributed by atoms with Gasteiger partial charge in [0.05, 0.1) is 11.7 Å². The molecule has 0 saturated heterocycles. The van der Waals surface area contributed by atoms with E-state index in [2.05, 4.69) is 20.3 Å². The van der Waals surface area contributed by atoms with E-state index in [9.17, 15) is 18.0 Å². The fourth-order valence-corrected chi connectivity index (χ4v) is 4.39. The van der Waals surface area contributed by atoms with E-state index in [-0.39, 0.29) is 23.8 Å². The van der Waals surface area contributed by atoms with Crippen LogP contribution >= 0.6 is 11.6 Å². The van der Waals surface area contributed by atoms with E-state index in [1.54, 1.807) is 25.3 Å². The normalized spacial score (nSPS) is 16.3. The monoisotopic (exact) mass is 471 g/mol. The standard InChI is InChI=1S/C23H17ClF3N5O/c1-12-6-16-9-19(23(25,26)27)31-32(16)22(14-3-5-20(24)28-10-14)21(12)18(33)8-13-2-4-17-15(7-13)11-29-30-17/h2-5,7,9-11,22H,6,8H2,1H3,(H,29,30). The van der Waals surface area contributed by atoms with Crippen molar-refractivity contribution in [2.75, 3.05) is 0 Å². The number of H-pyrrole nitrogens is 1. The fraction of sp³-hybridized carbons (Fsp3) is 0.217. The van der Waals surface area contributed by atoms with Crippen molar-refractivity contribution < 1.29 is 18.0 Å². The van der Waals surface area contributed by atoms with Gasteiger partial charge >= 0.3 is 6.18 Å². The van der Waals surface area contributed by atoms with Gasteiger partial charge < -0.3 is 0 Å². The van der Waals surface area contributed by atoms with Crippen LogP contribution in [0.4, 0.5) is 13.2 Å². The third kappa shape index (κ3) is 3.93. The Kier molecular flexibility index (Phi) is 5.08. The molecule has 0 fully saturated rings. The Balaban J connectivity index is 1.58. The zero-order valence-corrected chi connectivity index (χ0v) is 18.1. The number of ketones is 1. The summed E-state index contributed by atoms with van der Waals surface area (Å²) in [5, 5.41) is 11.8. The third-order valence-corrected chi connectivity index (χ3v) is 5.99. The number of alkyl halides is 3. The molecule has 1 atom stereocenters. The van der Waals surface area contributed by atoms with E-state index in [1.807, 2.05) is 18.2 Å². The minimum atomic E-state index is -4.59. The minimum absolute atomic E-state index is 0.0913. The highest BCUT2D eigenvalue weighted by Gasteiger charge is 2.39. The lowest BCUT2D eigenvalue weighted by molar-refractivity contribution is -0.141. The quantitative estimate of drug-likeness (QED) is 0.420. The number of pyridine rings is 1. The summed E-state index contributed by atoms with van der Waals surface area (Å²) in [4.78, 5) is 17.6. The molecule has 1 N–H and O–H groups in total. The number of benzene rings is 1. The first kappa shape index (κ1) is 21.4. The SMILES string of the molecule is CC1=C(C(=O)Cc2ccc3[nH]ncc3c2)C(c2ccc(Cl)nc2)n2nc(C(F)(F)F)cc2C1. The molecule has 168 valence electrons. The maximum Gasteiger partial charge on any atom is 0.435 e. The molecular weight excluding hydrogens is 455 g/mol. The Morgan fingerprint density at radius 1 is 1.21 bits per heavy atom. The molecule has 0 saturated carbocycles. The lowest BCUT2D eigenvalue weighted by Gasteiger charge is -2.29. The first-order chi connectivity index (χ1) is 15.7. The second-order valence-corrected chi connectivity index (χ2v) is 8.43. The van der Waals surface area contributed by atoms with Crippen molar-refractivity contribution in [3.05, 3.63) is 87.6 Å². The van der Waals surface area contributed by atoms with E-state index >= 15 is 0 Å². The maximum absolute atomic E-state index is 13.5. The van der Waals surface area contributed by atoms with Crippen LogP contribution in [-0.2, 0) is 23.8 Å². The molecule has 3 aromatic heterocycles. The number of rotatable bonds is 4. The van der Waals surface area contributed by atoms with Crippen molar-refractivity contribution in [1.82, 2.24) is 25.0 Å². The van der Waals surface area contributed by atoms with Gasteiger partial charge in [-0.05, 0) is 42.3 Å². The van der Waals surface area contributed by atoms with Gasteiger partial charge in [-0.1, -0.05) is 29.3 Å². The molecule has 5 rings (SSSR count). The number of hydrogen-bond acceptors (Lipinski definition) is 4. The number of allylic oxidation sites excluding steroid dienone is 2. The van der Waals surface area contributed by atoms with Crippen molar-refractivity contribution in [2.45, 2.75) is 32.0 Å². The average Bonchev–Trinajstić information content (AvgIpc) is 3.39. The summed E-state index contributed by atoms with van der Waals surface area (Å²) in [6.45, 7) is 1.77. The van der Waals surface area contributed by atoms with E-state index in [0.717, 1.165) is 22.5 Å². The zero-order valence-electron chi connectivity index (χ0n) is 17.3. The number of carbonyl (C=O) groups excluding carboxylic acids is 1. The molecule has 1 aliphatic rings. The molecular formula is C23H17ClF3N5O. The molecule has 0 radical (unpaired) electrons. The predicted octanol–water partition coefficient (Wildman–Crippen LogP) is 5.10. The van der Waals surface area contributed by atoms with Crippen LogP contribution in [0.5, 0.6) is 0 Å². The van der Waals surface area contributed by atoms with Gasteiger partial charge in [0.2, 0.25) is 0 Å². The molecule has 1 aliphatic heterocycles. The first-order valence-electron chi connectivity index (χ1n) is 10.1. The molecule has 4 aromatic rings. The second kappa shape index (κ2) is 7.84. The zero-order chi connectivity index (χ0) is 23.3. The number of aromatic nitrogens is 5. The highest BCUT2D eigenvalue weighted by molar-refractivity contribution is 6.29. The van der Waals surface area contributed by atoms with Gasteiger partial charge in [0.1, 0.15) is 11.2 Å². The highest BCUT2D eigenvalue weighted by Crippen LogP contribution is 2.39. The fourth-order valence-electron chi connectivity index (χ4n) is 4.28. The van der Waals surface area contributed by atoms with Gasteiger partial charge in [-0.15, -0.1) is 0 Å². The van der Waals surface area contributed by atoms with Gasteiger partial charge in [0.15, 0.2) is 11.5 Å². The Hall–Kier alpha value is -3.46. The molecule has 0 bridgehead atoms. The van der Waals surface area contributed by atoms with E-state index in [4.69, 9.17) is 11.6 Å². The minimum Gasteiger partial charge on any atom is -0.294 e. The smallest absolute Gasteiger partial charge is 0.294 e. The molecule has 1 unspecified atom stereocenters. The number of carbonyl (C=O) groups is 1.